The van der Waals surface area contributed by atoms with Crippen molar-refractivity contribution in [2.75, 3.05) is 6.61 Å². The number of aryl methyl sites for hydroxylation is 1. The van der Waals surface area contributed by atoms with Crippen LogP contribution in [0.5, 0.6) is 0 Å². The van der Waals surface area contributed by atoms with E-state index >= 15 is 0 Å². The fraction of sp³-hybridized carbons (Fsp3) is 0.533. The van der Waals surface area contributed by atoms with E-state index in [0.29, 0.717) is 0 Å². The Morgan fingerprint density at radius 3 is 2.53 bits per heavy atom. The predicted molar refractivity (Wildman–Crippen MR) is 76.6 cm³/mol. The Balaban J connectivity index is 2.60. The lowest BCUT2D eigenvalue weighted by molar-refractivity contribution is -0.122. The van der Waals surface area contributed by atoms with Crippen molar-refractivity contribution in [3.63, 3.8) is 0 Å². The maximum atomic E-state index is 11.9. The average Bonchev–Trinajstić information content (AvgIpc) is 2.35. The summed E-state index contributed by atoms with van der Waals surface area (Å²) in [6.45, 7) is 5.85. The first-order valence-electron chi connectivity index (χ1n) is 6.67. The summed E-state index contributed by atoms with van der Waals surface area (Å²) in [5.41, 5.74) is 8.14. The van der Waals surface area contributed by atoms with Gasteiger partial charge in [0.2, 0.25) is 5.91 Å². The zero-order valence-electron chi connectivity index (χ0n) is 11.9. The molecule has 1 aromatic rings. The molecule has 0 aliphatic carbocycles. The first kappa shape index (κ1) is 15.7. The zero-order chi connectivity index (χ0) is 14.4. The minimum Gasteiger partial charge on any atom is -0.394 e. The number of benzene rings is 1. The van der Waals surface area contributed by atoms with E-state index in [9.17, 15) is 9.90 Å². The predicted octanol–water partition coefficient (Wildman–Crippen LogP) is 1.52. The van der Waals surface area contributed by atoms with Gasteiger partial charge in [-0.1, -0.05) is 38.1 Å². The molecule has 0 radical (unpaired) electrons. The molecule has 4 N–H and O–H groups in total. The molecule has 0 fully saturated rings. The highest BCUT2D eigenvalue weighted by molar-refractivity contribution is 5.77. The van der Waals surface area contributed by atoms with Crippen LogP contribution in [0.4, 0.5) is 0 Å². The second-order valence-corrected chi connectivity index (χ2v) is 5.27. The van der Waals surface area contributed by atoms with Gasteiger partial charge in [-0.3, -0.25) is 4.79 Å². The van der Waals surface area contributed by atoms with Crippen molar-refractivity contribution in [2.24, 2.45) is 11.7 Å². The molecule has 0 saturated carbocycles. The van der Waals surface area contributed by atoms with E-state index < -0.39 is 0 Å². The minimum atomic E-state index is -0.312. The van der Waals surface area contributed by atoms with Gasteiger partial charge in [0.15, 0.2) is 0 Å². The summed E-state index contributed by atoms with van der Waals surface area (Å²) in [5.74, 6) is 0.0761. The smallest absolute Gasteiger partial charge is 0.222 e. The van der Waals surface area contributed by atoms with E-state index in [1.54, 1.807) is 0 Å². The summed E-state index contributed by atoms with van der Waals surface area (Å²) in [7, 11) is 0. The first-order valence-corrected chi connectivity index (χ1v) is 6.67. The van der Waals surface area contributed by atoms with Crippen LogP contribution in [0.25, 0.3) is 0 Å². The fourth-order valence-electron chi connectivity index (χ4n) is 2.00. The van der Waals surface area contributed by atoms with E-state index in [1.165, 1.54) is 0 Å². The highest BCUT2D eigenvalue weighted by Crippen LogP contribution is 2.18. The van der Waals surface area contributed by atoms with Gasteiger partial charge < -0.3 is 16.2 Å². The molecule has 1 rings (SSSR count). The lowest BCUT2D eigenvalue weighted by Gasteiger charge is -2.21. The Morgan fingerprint density at radius 2 is 2.00 bits per heavy atom. The van der Waals surface area contributed by atoms with E-state index in [-0.39, 0.29) is 36.9 Å². The number of carbonyl (C=O) groups is 1. The first-order chi connectivity index (χ1) is 8.95. The standard InChI is InChI=1S/C15H24N2O2/c1-10(2)14(9-18)17-15(19)8-13(16)12-7-5-4-6-11(12)3/h4-7,10,13-14,18H,8-9,16H2,1-3H3,(H,17,19)/t13-,14+/m0/s1. The van der Waals surface area contributed by atoms with Gasteiger partial charge in [0.25, 0.3) is 0 Å². The molecule has 0 spiro atoms. The van der Waals surface area contributed by atoms with Crippen molar-refractivity contribution < 1.29 is 9.90 Å². The van der Waals surface area contributed by atoms with Gasteiger partial charge in [0.05, 0.1) is 12.6 Å². The maximum Gasteiger partial charge on any atom is 0.222 e. The van der Waals surface area contributed by atoms with Gasteiger partial charge in [0.1, 0.15) is 0 Å². The monoisotopic (exact) mass is 264 g/mol. The van der Waals surface area contributed by atoms with E-state index in [4.69, 9.17) is 5.73 Å². The molecular weight excluding hydrogens is 240 g/mol. The number of hydrogen-bond donors (Lipinski definition) is 3. The summed E-state index contributed by atoms with van der Waals surface area (Å²) in [6, 6.07) is 7.28. The van der Waals surface area contributed by atoms with Gasteiger partial charge in [-0.05, 0) is 24.0 Å². The minimum absolute atomic E-state index is 0.0526. The second-order valence-electron chi connectivity index (χ2n) is 5.27. The van der Waals surface area contributed by atoms with Gasteiger partial charge in [0, 0.05) is 12.5 Å². The summed E-state index contributed by atoms with van der Waals surface area (Å²) in [6.07, 6.45) is 0.230. The summed E-state index contributed by atoms with van der Waals surface area (Å²) >= 11 is 0. The Labute approximate surface area is 115 Å². The maximum absolute atomic E-state index is 11.9. The summed E-state index contributed by atoms with van der Waals surface area (Å²) in [5, 5.41) is 12.0. The van der Waals surface area contributed by atoms with Crippen molar-refractivity contribution in [3.8, 4) is 0 Å². The normalized spacial score (nSPS) is 14.2. The zero-order valence-corrected chi connectivity index (χ0v) is 11.9. The van der Waals surface area contributed by atoms with Crippen LogP contribution in [0.2, 0.25) is 0 Å². The van der Waals surface area contributed by atoms with Crippen LogP contribution in [0.15, 0.2) is 24.3 Å². The molecule has 0 heterocycles. The molecule has 2 atom stereocenters. The van der Waals surface area contributed by atoms with Crippen LogP contribution in [-0.2, 0) is 4.79 Å². The molecule has 0 bridgehead atoms. The summed E-state index contributed by atoms with van der Waals surface area (Å²) < 4.78 is 0. The van der Waals surface area contributed by atoms with E-state index in [2.05, 4.69) is 5.32 Å². The quantitative estimate of drug-likeness (QED) is 0.729. The van der Waals surface area contributed by atoms with Gasteiger partial charge in [-0.25, -0.2) is 0 Å². The SMILES string of the molecule is Cc1ccccc1[C@@H](N)CC(=O)N[C@H](CO)C(C)C. The largest absolute Gasteiger partial charge is 0.394 e. The molecule has 106 valence electrons. The number of carbonyl (C=O) groups excluding carboxylic acids is 1. The lowest BCUT2D eigenvalue weighted by Crippen LogP contribution is -2.42. The van der Waals surface area contributed by atoms with Crippen LogP contribution in [0.3, 0.4) is 0 Å². The molecule has 4 nitrogen and oxygen atoms in total. The number of aliphatic hydroxyl groups excluding tert-OH is 1. The van der Waals surface area contributed by atoms with Crippen molar-refractivity contribution in [2.45, 2.75) is 39.3 Å². The number of hydrogen-bond acceptors (Lipinski definition) is 3. The molecule has 4 heteroatoms. The Hall–Kier alpha value is -1.39. The van der Waals surface area contributed by atoms with Crippen LogP contribution in [0, 0.1) is 12.8 Å². The van der Waals surface area contributed by atoms with Crippen LogP contribution >= 0.6 is 0 Å². The van der Waals surface area contributed by atoms with Crippen LogP contribution in [0.1, 0.15) is 37.4 Å². The van der Waals surface area contributed by atoms with Gasteiger partial charge in [-0.2, -0.15) is 0 Å². The van der Waals surface area contributed by atoms with Gasteiger partial charge in [-0.15, -0.1) is 0 Å². The number of aliphatic hydroxyl groups is 1. The number of nitrogens with two attached hydrogens (primary N) is 1. The number of amides is 1. The highest BCUT2D eigenvalue weighted by Gasteiger charge is 2.18. The topological polar surface area (TPSA) is 75.4 Å². The Kier molecular flexibility index (Phi) is 5.99. The molecule has 0 saturated heterocycles. The van der Waals surface area contributed by atoms with Crippen molar-refractivity contribution in [1.82, 2.24) is 5.32 Å². The van der Waals surface area contributed by atoms with E-state index in [1.807, 2.05) is 45.0 Å². The average molecular weight is 264 g/mol. The molecule has 1 amide bonds. The second kappa shape index (κ2) is 7.26. The molecule has 0 aliphatic rings. The molecule has 0 aromatic heterocycles. The van der Waals surface area contributed by atoms with Crippen LogP contribution < -0.4 is 11.1 Å². The van der Waals surface area contributed by atoms with Gasteiger partial charge >= 0.3 is 0 Å². The summed E-state index contributed by atoms with van der Waals surface area (Å²) in [4.78, 5) is 11.9. The third kappa shape index (κ3) is 4.65. The molecule has 0 unspecified atom stereocenters. The van der Waals surface area contributed by atoms with E-state index in [0.717, 1.165) is 11.1 Å². The molecular formula is C15H24N2O2. The van der Waals surface area contributed by atoms with Crippen molar-refractivity contribution in [3.05, 3.63) is 35.4 Å². The molecule has 1 aromatic carbocycles. The number of nitrogens with one attached hydrogen (secondary N) is 1. The third-order valence-corrected chi connectivity index (χ3v) is 3.34. The number of rotatable bonds is 6. The van der Waals surface area contributed by atoms with Crippen LogP contribution in [-0.4, -0.2) is 23.7 Å². The third-order valence-electron chi connectivity index (χ3n) is 3.34. The Bertz CT molecular complexity index is 418. The molecule has 19 heavy (non-hydrogen) atoms. The highest BCUT2D eigenvalue weighted by atomic mass is 16.3. The van der Waals surface area contributed by atoms with Crippen molar-refractivity contribution >= 4 is 5.91 Å². The lowest BCUT2D eigenvalue weighted by atomic mass is 9.98. The van der Waals surface area contributed by atoms with Crippen molar-refractivity contribution in [1.29, 1.82) is 0 Å². The molecule has 0 aliphatic heterocycles. The Morgan fingerprint density at radius 1 is 1.37 bits per heavy atom. The fourth-order valence-corrected chi connectivity index (χ4v) is 2.00.